The van der Waals surface area contributed by atoms with E-state index < -0.39 is 0 Å². The molecule has 20 heavy (non-hydrogen) atoms. The summed E-state index contributed by atoms with van der Waals surface area (Å²) in [5.41, 5.74) is 1.26. The first-order valence-electron chi connectivity index (χ1n) is 7.43. The van der Waals surface area contributed by atoms with E-state index in [-0.39, 0.29) is 0 Å². The second kappa shape index (κ2) is 5.86. The van der Waals surface area contributed by atoms with Crippen LogP contribution in [0.25, 0.3) is 0 Å². The van der Waals surface area contributed by atoms with Gasteiger partial charge in [0.2, 0.25) is 0 Å². The maximum atomic E-state index is 5.66. The summed E-state index contributed by atoms with van der Waals surface area (Å²) >= 11 is 2.10. The fraction of sp³-hybridized carbons (Fsp3) is 0.625. The van der Waals surface area contributed by atoms with E-state index in [0.29, 0.717) is 24.0 Å². The predicted octanol–water partition coefficient (Wildman–Crippen LogP) is 3.39. The Morgan fingerprint density at radius 2 is 2.10 bits per heavy atom. The number of benzene rings is 1. The second-order valence-corrected chi connectivity index (χ2v) is 7.59. The summed E-state index contributed by atoms with van der Waals surface area (Å²) in [6.07, 6.45) is 2.67. The fourth-order valence-corrected chi connectivity index (χ4v) is 4.05. The second-order valence-electron chi connectivity index (χ2n) is 5.91. The van der Waals surface area contributed by atoms with Crippen molar-refractivity contribution in [2.24, 2.45) is 0 Å². The topological polar surface area (TPSA) is 30.5 Å². The standard InChI is InChI=1S/C16H23NO2S/c1-12(17-11-16(2)6-3-9-20-16)13-4-5-14-15(10-13)19-8-7-18-14/h4-5,10,12,17H,3,6-9,11H2,1-2H3. The van der Waals surface area contributed by atoms with E-state index in [1.165, 1.54) is 24.2 Å². The van der Waals surface area contributed by atoms with Crippen molar-refractivity contribution in [3.63, 3.8) is 0 Å². The van der Waals surface area contributed by atoms with Crippen molar-refractivity contribution in [3.05, 3.63) is 23.8 Å². The molecule has 0 amide bonds. The number of ether oxygens (including phenoxy) is 2. The summed E-state index contributed by atoms with van der Waals surface area (Å²) in [4.78, 5) is 0. The van der Waals surface area contributed by atoms with E-state index in [2.05, 4.69) is 43.1 Å². The molecule has 1 aromatic rings. The molecule has 0 radical (unpaired) electrons. The molecule has 1 saturated heterocycles. The highest BCUT2D eigenvalue weighted by molar-refractivity contribution is 8.00. The molecule has 2 aliphatic rings. The average Bonchev–Trinajstić information content (AvgIpc) is 2.91. The van der Waals surface area contributed by atoms with Crippen LogP contribution in [0.2, 0.25) is 0 Å². The van der Waals surface area contributed by atoms with Gasteiger partial charge in [0.05, 0.1) is 0 Å². The molecular weight excluding hydrogens is 270 g/mol. The van der Waals surface area contributed by atoms with Crippen molar-refractivity contribution < 1.29 is 9.47 Å². The van der Waals surface area contributed by atoms with Gasteiger partial charge in [0.1, 0.15) is 13.2 Å². The van der Waals surface area contributed by atoms with E-state index in [9.17, 15) is 0 Å². The van der Waals surface area contributed by atoms with Crippen molar-refractivity contribution in [2.75, 3.05) is 25.5 Å². The molecule has 1 N–H and O–H groups in total. The minimum Gasteiger partial charge on any atom is -0.486 e. The van der Waals surface area contributed by atoms with Gasteiger partial charge < -0.3 is 14.8 Å². The van der Waals surface area contributed by atoms with Gasteiger partial charge >= 0.3 is 0 Å². The molecule has 2 aliphatic heterocycles. The molecule has 2 heterocycles. The third-order valence-electron chi connectivity index (χ3n) is 4.15. The number of hydrogen-bond acceptors (Lipinski definition) is 4. The maximum Gasteiger partial charge on any atom is 0.161 e. The molecule has 1 aromatic carbocycles. The van der Waals surface area contributed by atoms with Crippen molar-refractivity contribution >= 4 is 11.8 Å². The molecule has 0 spiro atoms. The van der Waals surface area contributed by atoms with Gasteiger partial charge in [0.15, 0.2) is 11.5 Å². The zero-order chi connectivity index (χ0) is 14.0. The van der Waals surface area contributed by atoms with Crippen molar-refractivity contribution in [1.29, 1.82) is 0 Å². The Balaban J connectivity index is 1.63. The summed E-state index contributed by atoms with van der Waals surface area (Å²) in [6.45, 7) is 6.94. The molecule has 2 unspecified atom stereocenters. The first-order chi connectivity index (χ1) is 9.66. The van der Waals surface area contributed by atoms with Crippen LogP contribution in [0.3, 0.4) is 0 Å². The smallest absolute Gasteiger partial charge is 0.161 e. The Morgan fingerprint density at radius 3 is 2.85 bits per heavy atom. The summed E-state index contributed by atoms with van der Waals surface area (Å²) in [5.74, 6) is 3.05. The van der Waals surface area contributed by atoms with E-state index in [1.54, 1.807) is 0 Å². The SMILES string of the molecule is CC(NCC1(C)CCCS1)c1ccc2c(c1)OCCO2. The Kier molecular flexibility index (Phi) is 4.13. The molecule has 2 atom stereocenters. The van der Waals surface area contributed by atoms with E-state index >= 15 is 0 Å². The molecule has 1 fully saturated rings. The molecule has 3 nitrogen and oxygen atoms in total. The van der Waals surface area contributed by atoms with Gasteiger partial charge in [-0.15, -0.1) is 0 Å². The third kappa shape index (κ3) is 3.07. The lowest BCUT2D eigenvalue weighted by atomic mass is 10.0. The number of thioether (sulfide) groups is 1. The molecule has 3 rings (SSSR count). The Bertz CT molecular complexity index is 472. The molecule has 110 valence electrons. The minimum absolute atomic E-state index is 0.337. The monoisotopic (exact) mass is 293 g/mol. The number of hydrogen-bond donors (Lipinski definition) is 1. The highest BCUT2D eigenvalue weighted by Crippen LogP contribution is 2.38. The van der Waals surface area contributed by atoms with Gasteiger partial charge in [-0.05, 0) is 50.1 Å². The van der Waals surface area contributed by atoms with Gasteiger partial charge in [-0.25, -0.2) is 0 Å². The maximum absolute atomic E-state index is 5.66. The quantitative estimate of drug-likeness (QED) is 0.922. The number of rotatable bonds is 4. The van der Waals surface area contributed by atoms with Gasteiger partial charge in [0, 0.05) is 17.3 Å². The molecule has 4 heteroatoms. The van der Waals surface area contributed by atoms with Gasteiger partial charge in [0.25, 0.3) is 0 Å². The number of nitrogens with one attached hydrogen (secondary N) is 1. The van der Waals surface area contributed by atoms with E-state index in [0.717, 1.165) is 18.0 Å². The highest BCUT2D eigenvalue weighted by Gasteiger charge is 2.29. The number of fused-ring (bicyclic) bond motifs is 1. The van der Waals surface area contributed by atoms with Crippen LogP contribution in [-0.4, -0.2) is 30.3 Å². The van der Waals surface area contributed by atoms with Gasteiger partial charge in [-0.1, -0.05) is 6.07 Å². The van der Waals surface area contributed by atoms with Crippen LogP contribution in [-0.2, 0) is 0 Å². The van der Waals surface area contributed by atoms with E-state index in [4.69, 9.17) is 9.47 Å². The van der Waals surface area contributed by atoms with Crippen LogP contribution in [0, 0.1) is 0 Å². The van der Waals surface area contributed by atoms with Crippen molar-refractivity contribution in [3.8, 4) is 11.5 Å². The average molecular weight is 293 g/mol. The van der Waals surface area contributed by atoms with Gasteiger partial charge in [-0.3, -0.25) is 0 Å². The third-order valence-corrected chi connectivity index (χ3v) is 5.69. The minimum atomic E-state index is 0.337. The van der Waals surface area contributed by atoms with E-state index in [1.807, 2.05) is 6.07 Å². The lowest BCUT2D eigenvalue weighted by molar-refractivity contribution is 0.171. The highest BCUT2D eigenvalue weighted by atomic mass is 32.2. The Labute approximate surface area is 125 Å². The first kappa shape index (κ1) is 14.1. The van der Waals surface area contributed by atoms with Crippen LogP contribution in [0.4, 0.5) is 0 Å². The molecule has 0 aliphatic carbocycles. The van der Waals surface area contributed by atoms with Crippen LogP contribution < -0.4 is 14.8 Å². The lowest BCUT2D eigenvalue weighted by Gasteiger charge is -2.26. The van der Waals surface area contributed by atoms with Gasteiger partial charge in [-0.2, -0.15) is 11.8 Å². The largest absolute Gasteiger partial charge is 0.486 e. The fourth-order valence-electron chi connectivity index (χ4n) is 2.79. The summed E-state index contributed by atoms with van der Waals surface area (Å²) < 4.78 is 11.6. The van der Waals surface area contributed by atoms with Crippen LogP contribution >= 0.6 is 11.8 Å². The van der Waals surface area contributed by atoms with Crippen LogP contribution in [0.5, 0.6) is 11.5 Å². The zero-order valence-electron chi connectivity index (χ0n) is 12.3. The van der Waals surface area contributed by atoms with Crippen molar-refractivity contribution in [1.82, 2.24) is 5.32 Å². The lowest BCUT2D eigenvalue weighted by Crippen LogP contribution is -2.34. The zero-order valence-corrected chi connectivity index (χ0v) is 13.1. The molecule has 0 bridgehead atoms. The summed E-state index contributed by atoms with van der Waals surface area (Å²) in [6, 6.07) is 6.60. The predicted molar refractivity (Wildman–Crippen MR) is 83.9 cm³/mol. The Hall–Kier alpha value is -0.870. The summed E-state index contributed by atoms with van der Waals surface area (Å²) in [5, 5.41) is 3.67. The molecule has 0 aromatic heterocycles. The molecule has 0 saturated carbocycles. The van der Waals surface area contributed by atoms with Crippen molar-refractivity contribution in [2.45, 2.75) is 37.5 Å². The molecular formula is C16H23NO2S. The van der Waals surface area contributed by atoms with Crippen LogP contribution in [0.1, 0.15) is 38.3 Å². The Morgan fingerprint density at radius 1 is 1.30 bits per heavy atom. The summed E-state index contributed by atoms with van der Waals surface area (Å²) in [7, 11) is 0. The van der Waals surface area contributed by atoms with Crippen LogP contribution in [0.15, 0.2) is 18.2 Å². The normalized spacial score (nSPS) is 26.5. The first-order valence-corrected chi connectivity index (χ1v) is 8.42.